The van der Waals surface area contributed by atoms with Crippen molar-refractivity contribution >= 4 is 28.6 Å². The number of amides is 1. The van der Waals surface area contributed by atoms with Gasteiger partial charge >= 0.3 is 0 Å². The summed E-state index contributed by atoms with van der Waals surface area (Å²) in [5.74, 6) is 4.80. The molecule has 4 heteroatoms. The van der Waals surface area contributed by atoms with Crippen LogP contribution in [0.1, 0.15) is 31.2 Å². The molecule has 1 aromatic carbocycles. The molecule has 0 saturated heterocycles. The summed E-state index contributed by atoms with van der Waals surface area (Å²) >= 11 is 7.23. The van der Waals surface area contributed by atoms with Crippen LogP contribution in [0.4, 0.5) is 4.79 Å². The van der Waals surface area contributed by atoms with Gasteiger partial charge in [-0.3, -0.25) is 4.79 Å². The average molecular weight is 334 g/mol. The third-order valence-corrected chi connectivity index (χ3v) is 6.08. The topological polar surface area (TPSA) is 20.3 Å². The Morgan fingerprint density at radius 3 is 2.68 bits per heavy atom. The SMILES string of the molecule is C#CCN(C(=O)SCc1ccc(Cl)cc1)C1CC2CCC1C2. The first kappa shape index (κ1) is 15.8. The number of carbonyl (C=O) groups is 1. The van der Waals surface area contributed by atoms with Gasteiger partial charge in [-0.05, 0) is 48.8 Å². The Hall–Kier alpha value is -1.11. The van der Waals surface area contributed by atoms with E-state index in [1.54, 1.807) is 0 Å². The second kappa shape index (κ2) is 6.98. The van der Waals surface area contributed by atoms with Gasteiger partial charge < -0.3 is 4.90 Å². The summed E-state index contributed by atoms with van der Waals surface area (Å²) in [6, 6.07) is 8.01. The molecule has 1 amide bonds. The van der Waals surface area contributed by atoms with Crippen molar-refractivity contribution in [3.63, 3.8) is 0 Å². The Kier molecular flexibility index (Phi) is 5.00. The predicted octanol–water partition coefficient (Wildman–Crippen LogP) is 4.82. The number of nitrogens with zero attached hydrogens (tertiary/aromatic N) is 1. The first-order valence-electron chi connectivity index (χ1n) is 7.78. The minimum absolute atomic E-state index is 0.116. The summed E-state index contributed by atoms with van der Waals surface area (Å²) in [6.45, 7) is 0.431. The Balaban J connectivity index is 1.60. The summed E-state index contributed by atoms with van der Waals surface area (Å²) in [6.07, 6.45) is 10.5. The largest absolute Gasteiger partial charge is 0.319 e. The van der Waals surface area contributed by atoms with E-state index in [-0.39, 0.29) is 5.24 Å². The number of terminal acetylenes is 1. The van der Waals surface area contributed by atoms with Gasteiger partial charge in [-0.25, -0.2) is 0 Å². The molecular weight excluding hydrogens is 314 g/mol. The highest BCUT2D eigenvalue weighted by atomic mass is 35.5. The van der Waals surface area contributed by atoms with Gasteiger partial charge in [0.1, 0.15) is 0 Å². The summed E-state index contributed by atoms with van der Waals surface area (Å²) in [5, 5.41) is 0.835. The number of fused-ring (bicyclic) bond motifs is 2. The summed E-state index contributed by atoms with van der Waals surface area (Å²) in [4.78, 5) is 14.5. The van der Waals surface area contributed by atoms with Crippen molar-refractivity contribution in [2.75, 3.05) is 6.54 Å². The third kappa shape index (κ3) is 3.45. The quantitative estimate of drug-likeness (QED) is 0.736. The summed E-state index contributed by atoms with van der Waals surface area (Å²) < 4.78 is 0. The normalized spacial score (nSPS) is 25.9. The molecule has 22 heavy (non-hydrogen) atoms. The maximum atomic E-state index is 12.6. The summed E-state index contributed by atoms with van der Waals surface area (Å²) in [7, 11) is 0. The lowest BCUT2D eigenvalue weighted by Gasteiger charge is -2.33. The zero-order valence-corrected chi connectivity index (χ0v) is 14.1. The van der Waals surface area contributed by atoms with Crippen LogP contribution in [-0.2, 0) is 5.75 Å². The van der Waals surface area contributed by atoms with Crippen molar-refractivity contribution in [1.29, 1.82) is 0 Å². The lowest BCUT2D eigenvalue weighted by Crippen LogP contribution is -2.41. The molecule has 0 heterocycles. The minimum Gasteiger partial charge on any atom is -0.319 e. The molecule has 116 valence electrons. The van der Waals surface area contributed by atoms with Gasteiger partial charge in [0, 0.05) is 16.8 Å². The Morgan fingerprint density at radius 2 is 2.09 bits per heavy atom. The van der Waals surface area contributed by atoms with E-state index in [2.05, 4.69) is 5.92 Å². The maximum absolute atomic E-state index is 12.6. The number of hydrogen-bond acceptors (Lipinski definition) is 2. The fourth-order valence-electron chi connectivity index (χ4n) is 3.82. The van der Waals surface area contributed by atoms with Crippen LogP contribution in [0.25, 0.3) is 0 Å². The monoisotopic (exact) mass is 333 g/mol. The highest BCUT2D eigenvalue weighted by Crippen LogP contribution is 2.47. The van der Waals surface area contributed by atoms with Crippen molar-refractivity contribution in [1.82, 2.24) is 4.90 Å². The van der Waals surface area contributed by atoms with Crippen molar-refractivity contribution in [2.24, 2.45) is 11.8 Å². The molecule has 2 bridgehead atoms. The standard InChI is InChI=1S/C18H20ClNOS/c1-2-9-20(17-11-14-3-6-15(17)10-14)18(21)22-12-13-4-7-16(19)8-5-13/h1,4-5,7-8,14-15,17H,3,6,9-12H2. The smallest absolute Gasteiger partial charge is 0.283 e. The Morgan fingerprint density at radius 1 is 1.32 bits per heavy atom. The average Bonchev–Trinajstić information content (AvgIpc) is 3.14. The van der Waals surface area contributed by atoms with Crippen molar-refractivity contribution < 1.29 is 4.79 Å². The van der Waals surface area contributed by atoms with Crippen LogP contribution >= 0.6 is 23.4 Å². The number of hydrogen-bond donors (Lipinski definition) is 0. The van der Waals surface area contributed by atoms with Crippen LogP contribution in [-0.4, -0.2) is 22.7 Å². The van der Waals surface area contributed by atoms with E-state index < -0.39 is 0 Å². The van der Waals surface area contributed by atoms with E-state index in [9.17, 15) is 4.79 Å². The van der Waals surface area contributed by atoms with E-state index in [0.29, 0.717) is 24.3 Å². The molecule has 0 aliphatic heterocycles. The molecule has 0 N–H and O–H groups in total. The molecule has 2 aliphatic carbocycles. The van der Waals surface area contributed by atoms with Crippen LogP contribution in [0.2, 0.25) is 5.02 Å². The molecule has 0 spiro atoms. The zero-order chi connectivity index (χ0) is 15.5. The number of halogens is 1. The second-order valence-electron chi connectivity index (χ2n) is 6.26. The van der Waals surface area contributed by atoms with E-state index in [0.717, 1.165) is 22.9 Å². The molecule has 3 unspecified atom stereocenters. The highest BCUT2D eigenvalue weighted by Gasteiger charge is 2.43. The zero-order valence-electron chi connectivity index (χ0n) is 12.5. The molecular formula is C18H20ClNOS. The van der Waals surface area contributed by atoms with Crippen LogP contribution in [0.5, 0.6) is 0 Å². The van der Waals surface area contributed by atoms with Crippen LogP contribution in [0, 0.1) is 24.2 Å². The first-order chi connectivity index (χ1) is 10.7. The summed E-state index contributed by atoms with van der Waals surface area (Å²) in [5.41, 5.74) is 1.11. The van der Waals surface area contributed by atoms with Gasteiger partial charge in [0.2, 0.25) is 0 Å². The van der Waals surface area contributed by atoms with E-state index in [4.69, 9.17) is 18.0 Å². The van der Waals surface area contributed by atoms with Crippen LogP contribution in [0.3, 0.4) is 0 Å². The molecule has 2 fully saturated rings. The van der Waals surface area contributed by atoms with Gasteiger partial charge in [-0.1, -0.05) is 47.8 Å². The molecule has 3 rings (SSSR count). The molecule has 2 nitrogen and oxygen atoms in total. The number of carbonyl (C=O) groups excluding carboxylic acids is 1. The van der Waals surface area contributed by atoms with Crippen LogP contribution < -0.4 is 0 Å². The number of benzene rings is 1. The van der Waals surface area contributed by atoms with Crippen LogP contribution in [0.15, 0.2) is 24.3 Å². The van der Waals surface area contributed by atoms with Crippen molar-refractivity contribution in [3.05, 3.63) is 34.9 Å². The van der Waals surface area contributed by atoms with Crippen molar-refractivity contribution in [2.45, 2.75) is 37.5 Å². The number of thioether (sulfide) groups is 1. The molecule has 2 aliphatic rings. The van der Waals surface area contributed by atoms with Crippen molar-refractivity contribution in [3.8, 4) is 12.3 Å². The first-order valence-corrected chi connectivity index (χ1v) is 9.15. The van der Waals surface area contributed by atoms with Gasteiger partial charge in [0.05, 0.1) is 6.54 Å². The fourth-order valence-corrected chi connectivity index (χ4v) is 4.79. The lowest BCUT2D eigenvalue weighted by molar-refractivity contribution is 0.179. The van der Waals surface area contributed by atoms with E-state index in [1.165, 1.54) is 31.0 Å². The van der Waals surface area contributed by atoms with E-state index >= 15 is 0 Å². The highest BCUT2D eigenvalue weighted by molar-refractivity contribution is 8.12. The molecule has 0 aromatic heterocycles. The minimum atomic E-state index is 0.116. The fraction of sp³-hybridized carbons (Fsp3) is 0.500. The van der Waals surface area contributed by atoms with Gasteiger partial charge in [0.25, 0.3) is 5.24 Å². The molecule has 3 atom stereocenters. The predicted molar refractivity (Wildman–Crippen MR) is 92.9 cm³/mol. The van der Waals surface area contributed by atoms with Gasteiger partial charge in [-0.15, -0.1) is 6.42 Å². The lowest BCUT2D eigenvalue weighted by atomic mass is 9.94. The Bertz CT molecular complexity index is 580. The van der Waals surface area contributed by atoms with E-state index in [1.807, 2.05) is 29.2 Å². The Labute approximate surface area is 141 Å². The van der Waals surface area contributed by atoms with Gasteiger partial charge in [0.15, 0.2) is 0 Å². The molecule has 2 saturated carbocycles. The number of rotatable bonds is 4. The molecule has 0 radical (unpaired) electrons. The maximum Gasteiger partial charge on any atom is 0.283 e. The molecule has 1 aromatic rings. The van der Waals surface area contributed by atoms with Gasteiger partial charge in [-0.2, -0.15) is 0 Å². The third-order valence-electron chi connectivity index (χ3n) is 4.87. The second-order valence-corrected chi connectivity index (χ2v) is 7.62.